The first-order valence-electron chi connectivity index (χ1n) is 8.30. The van der Waals surface area contributed by atoms with Crippen LogP contribution in [0.5, 0.6) is 0 Å². The largest absolute Gasteiger partial charge is 0.372 e. The first-order chi connectivity index (χ1) is 12.6. The number of rotatable bonds is 4. The van der Waals surface area contributed by atoms with E-state index < -0.39 is 5.91 Å². The highest BCUT2D eigenvalue weighted by Gasteiger charge is 2.13. The van der Waals surface area contributed by atoms with Crippen LogP contribution in [-0.4, -0.2) is 19.0 Å². The zero-order valence-electron chi connectivity index (χ0n) is 14.0. The number of amides is 1. The molecule has 0 saturated carbocycles. The maximum absolute atomic E-state index is 12.3. The molecule has 26 heavy (non-hydrogen) atoms. The summed E-state index contributed by atoms with van der Waals surface area (Å²) in [7, 11) is 0. The second kappa shape index (κ2) is 8.27. The summed E-state index contributed by atoms with van der Waals surface area (Å²) in [6.45, 7) is 2.15. The van der Waals surface area contributed by atoms with E-state index in [-0.39, 0.29) is 5.57 Å². The van der Waals surface area contributed by atoms with Crippen molar-refractivity contribution >= 4 is 46.6 Å². The van der Waals surface area contributed by atoms with Crippen LogP contribution < -0.4 is 10.2 Å². The van der Waals surface area contributed by atoms with E-state index in [1.54, 1.807) is 24.3 Å². The number of carbonyl (C=O) groups excluding carboxylic acids is 1. The lowest BCUT2D eigenvalue weighted by molar-refractivity contribution is -0.112. The summed E-state index contributed by atoms with van der Waals surface area (Å²) in [4.78, 5) is 14.7. The zero-order valence-corrected chi connectivity index (χ0v) is 15.5. The molecule has 2 aromatic rings. The average molecular weight is 386 g/mol. The lowest BCUT2D eigenvalue weighted by Gasteiger charge is -2.17. The van der Waals surface area contributed by atoms with Gasteiger partial charge >= 0.3 is 0 Å². The molecule has 0 bridgehead atoms. The molecule has 0 aliphatic carbocycles. The topological polar surface area (TPSA) is 56.1 Å². The number of nitrogens with one attached hydrogen (secondary N) is 1. The van der Waals surface area contributed by atoms with Crippen LogP contribution in [0.3, 0.4) is 0 Å². The van der Waals surface area contributed by atoms with Gasteiger partial charge in [0.1, 0.15) is 11.6 Å². The third kappa shape index (κ3) is 4.37. The van der Waals surface area contributed by atoms with Gasteiger partial charge in [-0.2, -0.15) is 5.26 Å². The van der Waals surface area contributed by atoms with Crippen molar-refractivity contribution in [1.82, 2.24) is 0 Å². The fraction of sp³-hybridized carbons (Fsp3) is 0.200. The van der Waals surface area contributed by atoms with E-state index in [9.17, 15) is 10.1 Å². The number of hydrogen-bond donors (Lipinski definition) is 1. The summed E-state index contributed by atoms with van der Waals surface area (Å²) in [5.41, 5.74) is 2.46. The Labute approximate surface area is 162 Å². The number of nitriles is 1. The molecular formula is C20H17Cl2N3O. The fourth-order valence-electron chi connectivity index (χ4n) is 2.84. The molecule has 1 fully saturated rings. The van der Waals surface area contributed by atoms with Gasteiger partial charge in [0, 0.05) is 24.5 Å². The highest BCUT2D eigenvalue weighted by molar-refractivity contribution is 6.42. The molecule has 1 saturated heterocycles. The molecule has 4 nitrogen and oxygen atoms in total. The van der Waals surface area contributed by atoms with Crippen molar-refractivity contribution in [3.63, 3.8) is 0 Å². The second-order valence-corrected chi connectivity index (χ2v) is 6.85. The Balaban J connectivity index is 1.73. The summed E-state index contributed by atoms with van der Waals surface area (Å²) in [5.74, 6) is -0.491. The lowest BCUT2D eigenvalue weighted by atomic mass is 10.1. The van der Waals surface area contributed by atoms with Crippen molar-refractivity contribution in [3.05, 3.63) is 63.6 Å². The van der Waals surface area contributed by atoms with Crippen molar-refractivity contribution in [2.45, 2.75) is 12.8 Å². The number of benzene rings is 2. The Kier molecular flexibility index (Phi) is 5.82. The summed E-state index contributed by atoms with van der Waals surface area (Å²) in [6, 6.07) is 14.6. The molecule has 2 aromatic carbocycles. The molecule has 1 amide bonds. The minimum Gasteiger partial charge on any atom is -0.372 e. The number of hydrogen-bond acceptors (Lipinski definition) is 3. The van der Waals surface area contributed by atoms with E-state index in [0.717, 1.165) is 18.7 Å². The molecule has 0 atom stereocenters. The minimum absolute atomic E-state index is 0.0185. The molecule has 6 heteroatoms. The Morgan fingerprint density at radius 2 is 1.77 bits per heavy atom. The second-order valence-electron chi connectivity index (χ2n) is 6.04. The molecule has 3 rings (SSSR count). The van der Waals surface area contributed by atoms with Crippen LogP contribution in [0.2, 0.25) is 10.0 Å². The number of halogens is 2. The maximum Gasteiger partial charge on any atom is 0.266 e. The summed E-state index contributed by atoms with van der Waals surface area (Å²) in [5, 5.41) is 12.7. The van der Waals surface area contributed by atoms with Crippen LogP contribution in [0.25, 0.3) is 6.08 Å². The van der Waals surface area contributed by atoms with Crippen molar-refractivity contribution in [3.8, 4) is 6.07 Å². The molecule has 0 unspecified atom stereocenters. The standard InChI is InChI=1S/C20H17Cl2N3O/c21-18-8-5-16(12-19(18)22)24-20(26)15(13-23)11-14-3-6-17(7-4-14)25-9-1-2-10-25/h3-8,11-12H,1-2,9-10H2,(H,24,26)/b15-11+. The molecule has 132 valence electrons. The van der Waals surface area contributed by atoms with Crippen molar-refractivity contribution in [2.75, 3.05) is 23.3 Å². The van der Waals surface area contributed by atoms with E-state index in [4.69, 9.17) is 23.2 Å². The molecule has 1 aliphatic heterocycles. The quantitative estimate of drug-likeness (QED) is 0.585. The van der Waals surface area contributed by atoms with E-state index in [1.807, 2.05) is 30.3 Å². The Hall–Kier alpha value is -2.48. The van der Waals surface area contributed by atoms with Gasteiger partial charge in [-0.05, 0) is 54.8 Å². The molecule has 0 radical (unpaired) electrons. The fourth-order valence-corrected chi connectivity index (χ4v) is 3.14. The molecule has 0 aromatic heterocycles. The molecule has 0 spiro atoms. The lowest BCUT2D eigenvalue weighted by Crippen LogP contribution is -2.17. The summed E-state index contributed by atoms with van der Waals surface area (Å²) < 4.78 is 0. The van der Waals surface area contributed by atoms with Crippen LogP contribution >= 0.6 is 23.2 Å². The van der Waals surface area contributed by atoms with Gasteiger partial charge in [-0.15, -0.1) is 0 Å². The van der Waals surface area contributed by atoms with E-state index in [2.05, 4.69) is 10.2 Å². The van der Waals surface area contributed by atoms with Gasteiger partial charge in [0.25, 0.3) is 5.91 Å². The maximum atomic E-state index is 12.3. The number of anilines is 2. The van der Waals surface area contributed by atoms with Gasteiger partial charge in [-0.3, -0.25) is 4.79 Å². The van der Waals surface area contributed by atoms with E-state index in [0.29, 0.717) is 15.7 Å². The predicted octanol–water partition coefficient (Wildman–Crippen LogP) is 5.14. The molecular weight excluding hydrogens is 369 g/mol. The highest BCUT2D eigenvalue weighted by Crippen LogP contribution is 2.25. The van der Waals surface area contributed by atoms with Gasteiger partial charge in [0.2, 0.25) is 0 Å². The van der Waals surface area contributed by atoms with Gasteiger partial charge in [0.15, 0.2) is 0 Å². The molecule has 1 N–H and O–H groups in total. The van der Waals surface area contributed by atoms with Gasteiger partial charge < -0.3 is 10.2 Å². The van der Waals surface area contributed by atoms with Gasteiger partial charge in [-0.25, -0.2) is 0 Å². The van der Waals surface area contributed by atoms with E-state index >= 15 is 0 Å². The Morgan fingerprint density at radius 1 is 1.08 bits per heavy atom. The van der Waals surface area contributed by atoms with Crippen LogP contribution in [0.4, 0.5) is 11.4 Å². The molecule has 1 aliphatic rings. The third-order valence-electron chi connectivity index (χ3n) is 4.22. The Bertz CT molecular complexity index is 879. The Morgan fingerprint density at radius 3 is 2.38 bits per heavy atom. The normalized spacial score (nSPS) is 14.2. The van der Waals surface area contributed by atoms with Crippen LogP contribution in [-0.2, 0) is 4.79 Å². The van der Waals surface area contributed by atoms with Crippen LogP contribution in [0.15, 0.2) is 48.0 Å². The third-order valence-corrected chi connectivity index (χ3v) is 4.96. The zero-order chi connectivity index (χ0) is 18.5. The van der Waals surface area contributed by atoms with Crippen molar-refractivity contribution in [2.24, 2.45) is 0 Å². The molecule has 1 heterocycles. The summed E-state index contributed by atoms with van der Waals surface area (Å²) >= 11 is 11.8. The predicted molar refractivity (Wildman–Crippen MR) is 107 cm³/mol. The van der Waals surface area contributed by atoms with Gasteiger partial charge in [-0.1, -0.05) is 35.3 Å². The minimum atomic E-state index is -0.491. The first-order valence-corrected chi connectivity index (χ1v) is 9.05. The number of carbonyl (C=O) groups is 1. The first kappa shape index (κ1) is 18.3. The average Bonchev–Trinajstić information content (AvgIpc) is 3.18. The van der Waals surface area contributed by atoms with Crippen LogP contribution in [0.1, 0.15) is 18.4 Å². The number of nitrogens with zero attached hydrogens (tertiary/aromatic N) is 2. The van der Waals surface area contributed by atoms with Crippen LogP contribution in [0, 0.1) is 11.3 Å². The van der Waals surface area contributed by atoms with Crippen molar-refractivity contribution < 1.29 is 4.79 Å². The van der Waals surface area contributed by atoms with Crippen molar-refractivity contribution in [1.29, 1.82) is 5.26 Å². The van der Waals surface area contributed by atoms with E-state index in [1.165, 1.54) is 18.5 Å². The monoisotopic (exact) mass is 385 g/mol. The van der Waals surface area contributed by atoms with Gasteiger partial charge in [0.05, 0.1) is 10.0 Å². The highest BCUT2D eigenvalue weighted by atomic mass is 35.5. The summed E-state index contributed by atoms with van der Waals surface area (Å²) in [6.07, 6.45) is 4.00. The smallest absolute Gasteiger partial charge is 0.266 e. The SMILES string of the molecule is N#C/C(=C\c1ccc(N2CCCC2)cc1)C(=O)Nc1ccc(Cl)c(Cl)c1.